The maximum atomic E-state index is 11.9. The Hall–Kier alpha value is -1.70. The zero-order valence-electron chi connectivity index (χ0n) is 12.8. The van der Waals surface area contributed by atoms with Crippen LogP contribution in [0.2, 0.25) is 0 Å². The smallest absolute Gasteiger partial charge is 0.408 e. The highest BCUT2D eigenvalue weighted by Crippen LogP contribution is 2.29. The molecule has 0 atom stereocenters. The number of rotatable bonds is 3. The molecule has 0 bridgehead atoms. The van der Waals surface area contributed by atoms with Crippen molar-refractivity contribution in [2.75, 3.05) is 6.54 Å². The van der Waals surface area contributed by atoms with Crippen molar-refractivity contribution in [2.45, 2.75) is 64.5 Å². The summed E-state index contributed by atoms with van der Waals surface area (Å²) in [6, 6.07) is 0. The number of carbonyl (C=O) groups excluding carboxylic acids is 2. The summed E-state index contributed by atoms with van der Waals surface area (Å²) in [6.07, 6.45) is 3.31. The first kappa shape index (κ1) is 16.4. The maximum absolute atomic E-state index is 11.9. The highest BCUT2D eigenvalue weighted by atomic mass is 16.6. The number of nitrogens with one attached hydrogen (secondary N) is 2. The van der Waals surface area contributed by atoms with E-state index in [4.69, 9.17) is 4.74 Å². The molecule has 5 heteroatoms. The molecule has 1 aliphatic carbocycles. The molecule has 112 valence electrons. The molecular formula is C15H24N2O3. The largest absolute Gasteiger partial charge is 0.444 e. The van der Waals surface area contributed by atoms with Crippen molar-refractivity contribution < 1.29 is 14.3 Å². The molecule has 0 aromatic rings. The average Bonchev–Trinajstić information content (AvgIpc) is 2.73. The van der Waals surface area contributed by atoms with Crippen LogP contribution in [0, 0.1) is 11.8 Å². The summed E-state index contributed by atoms with van der Waals surface area (Å²) in [5.74, 6) is 4.67. The van der Waals surface area contributed by atoms with Crippen molar-refractivity contribution in [3.63, 3.8) is 0 Å². The number of amides is 2. The lowest BCUT2D eigenvalue weighted by molar-refractivity contribution is -0.116. The van der Waals surface area contributed by atoms with Gasteiger partial charge < -0.3 is 15.4 Å². The van der Waals surface area contributed by atoms with Crippen molar-refractivity contribution in [3.8, 4) is 11.8 Å². The van der Waals surface area contributed by atoms with Gasteiger partial charge in [0.25, 0.3) is 5.91 Å². The summed E-state index contributed by atoms with van der Waals surface area (Å²) in [5, 5.41) is 5.67. The Morgan fingerprint density at radius 3 is 2.35 bits per heavy atom. The van der Waals surface area contributed by atoms with Crippen LogP contribution >= 0.6 is 0 Å². The fourth-order valence-electron chi connectivity index (χ4n) is 2.33. The highest BCUT2D eigenvalue weighted by Gasteiger charge is 2.36. The van der Waals surface area contributed by atoms with E-state index >= 15 is 0 Å². The van der Waals surface area contributed by atoms with Crippen LogP contribution in [0.1, 0.15) is 53.4 Å². The van der Waals surface area contributed by atoms with E-state index in [2.05, 4.69) is 22.5 Å². The van der Waals surface area contributed by atoms with Crippen molar-refractivity contribution in [3.05, 3.63) is 0 Å². The summed E-state index contributed by atoms with van der Waals surface area (Å²) in [7, 11) is 0. The third-order valence-electron chi connectivity index (χ3n) is 3.15. The van der Waals surface area contributed by atoms with E-state index in [0.29, 0.717) is 6.54 Å². The van der Waals surface area contributed by atoms with E-state index in [1.807, 2.05) is 20.8 Å². The summed E-state index contributed by atoms with van der Waals surface area (Å²) in [6.45, 7) is 7.48. The Bertz CT molecular complexity index is 421. The summed E-state index contributed by atoms with van der Waals surface area (Å²) in [4.78, 5) is 23.3. The quantitative estimate of drug-likeness (QED) is 0.777. The molecule has 1 saturated carbocycles. The minimum absolute atomic E-state index is 0.315. The van der Waals surface area contributed by atoms with Crippen LogP contribution in [-0.4, -0.2) is 29.7 Å². The lowest BCUT2D eigenvalue weighted by atomic mass is 9.98. The molecule has 1 fully saturated rings. The monoisotopic (exact) mass is 280 g/mol. The van der Waals surface area contributed by atoms with Crippen molar-refractivity contribution in [1.82, 2.24) is 10.6 Å². The van der Waals surface area contributed by atoms with Gasteiger partial charge in [0.15, 0.2) is 0 Å². The molecule has 0 heterocycles. The van der Waals surface area contributed by atoms with E-state index in [1.165, 1.54) is 0 Å². The van der Waals surface area contributed by atoms with Gasteiger partial charge in [-0.15, -0.1) is 0 Å². The Labute approximate surface area is 120 Å². The zero-order chi connectivity index (χ0) is 15.2. The molecule has 5 nitrogen and oxygen atoms in total. The average molecular weight is 280 g/mol. The Balaban J connectivity index is 2.60. The molecule has 1 rings (SSSR count). The number of hydrogen-bond donors (Lipinski definition) is 2. The fraction of sp³-hybridized carbons (Fsp3) is 0.733. The predicted octanol–water partition coefficient (Wildman–Crippen LogP) is 1.96. The van der Waals surface area contributed by atoms with E-state index in [-0.39, 0.29) is 5.91 Å². The lowest BCUT2D eigenvalue weighted by Crippen LogP contribution is -2.54. The predicted molar refractivity (Wildman–Crippen MR) is 77.0 cm³/mol. The normalized spacial score (nSPS) is 16.8. The molecule has 2 N–H and O–H groups in total. The summed E-state index contributed by atoms with van der Waals surface area (Å²) in [5.41, 5.74) is -0.936. The molecule has 2 amide bonds. The summed E-state index contributed by atoms with van der Waals surface area (Å²) < 4.78 is 5.29. The number of alkyl carbamates (subject to hydrolysis) is 1. The van der Waals surface area contributed by atoms with Gasteiger partial charge in [-0.2, -0.15) is 0 Å². The van der Waals surface area contributed by atoms with Crippen LogP contribution in [0.15, 0.2) is 0 Å². The fourth-order valence-corrected chi connectivity index (χ4v) is 2.33. The first-order chi connectivity index (χ1) is 9.26. The molecule has 0 unspecified atom stereocenters. The molecular weight excluding hydrogens is 256 g/mol. The van der Waals surface area contributed by atoms with Gasteiger partial charge in [-0.05, 0) is 46.5 Å². The van der Waals surface area contributed by atoms with Crippen LogP contribution < -0.4 is 10.6 Å². The summed E-state index contributed by atoms with van der Waals surface area (Å²) >= 11 is 0. The van der Waals surface area contributed by atoms with Gasteiger partial charge in [-0.3, -0.25) is 4.79 Å². The number of ether oxygens (including phenoxy) is 1. The van der Waals surface area contributed by atoms with Crippen LogP contribution in [0.3, 0.4) is 0 Å². The maximum Gasteiger partial charge on any atom is 0.408 e. The second-order valence-corrected chi connectivity index (χ2v) is 6.17. The molecule has 20 heavy (non-hydrogen) atoms. The van der Waals surface area contributed by atoms with Crippen LogP contribution in [-0.2, 0) is 9.53 Å². The van der Waals surface area contributed by atoms with Gasteiger partial charge in [0.2, 0.25) is 0 Å². The second kappa shape index (κ2) is 6.65. The molecule has 0 saturated heterocycles. The Kier molecular flexibility index (Phi) is 5.43. The van der Waals surface area contributed by atoms with Gasteiger partial charge >= 0.3 is 6.09 Å². The van der Waals surface area contributed by atoms with Crippen molar-refractivity contribution >= 4 is 12.0 Å². The number of carbonyl (C=O) groups is 2. The standard InChI is InChI=1S/C15H24N2O3/c1-5-8-12(18)16-11-15(9-6-7-10-15)17-13(19)20-14(2,3)4/h6-7,9-11H2,1-4H3,(H,16,18)(H,17,19). The minimum Gasteiger partial charge on any atom is -0.444 e. The van der Waals surface area contributed by atoms with E-state index in [0.717, 1.165) is 25.7 Å². The van der Waals surface area contributed by atoms with Gasteiger partial charge in [0.05, 0.1) is 5.54 Å². The third-order valence-corrected chi connectivity index (χ3v) is 3.15. The van der Waals surface area contributed by atoms with Gasteiger partial charge in [0, 0.05) is 6.54 Å². The minimum atomic E-state index is -0.527. The van der Waals surface area contributed by atoms with Gasteiger partial charge in [-0.25, -0.2) is 4.79 Å². The highest BCUT2D eigenvalue weighted by molar-refractivity contribution is 5.93. The van der Waals surface area contributed by atoms with E-state index in [1.54, 1.807) is 6.92 Å². The van der Waals surface area contributed by atoms with Crippen LogP contribution in [0.4, 0.5) is 4.79 Å². The first-order valence-electron chi connectivity index (χ1n) is 6.98. The van der Waals surface area contributed by atoms with Crippen LogP contribution in [0.5, 0.6) is 0 Å². The molecule has 1 aliphatic rings. The SMILES string of the molecule is CC#CC(=O)NCC1(NC(=O)OC(C)(C)C)CCCC1. The molecule has 0 aliphatic heterocycles. The second-order valence-electron chi connectivity index (χ2n) is 6.17. The van der Waals surface area contributed by atoms with Crippen LogP contribution in [0.25, 0.3) is 0 Å². The van der Waals surface area contributed by atoms with Gasteiger partial charge in [-0.1, -0.05) is 18.8 Å². The zero-order valence-corrected chi connectivity index (χ0v) is 12.8. The Morgan fingerprint density at radius 2 is 1.85 bits per heavy atom. The lowest BCUT2D eigenvalue weighted by Gasteiger charge is -2.31. The molecule has 0 aromatic heterocycles. The molecule has 0 spiro atoms. The Morgan fingerprint density at radius 1 is 1.25 bits per heavy atom. The third kappa shape index (κ3) is 5.52. The van der Waals surface area contributed by atoms with E-state index in [9.17, 15) is 9.59 Å². The van der Waals surface area contributed by atoms with Crippen molar-refractivity contribution in [1.29, 1.82) is 0 Å². The first-order valence-corrected chi connectivity index (χ1v) is 6.98. The topological polar surface area (TPSA) is 67.4 Å². The molecule has 0 radical (unpaired) electrons. The van der Waals surface area contributed by atoms with E-state index < -0.39 is 17.2 Å². The number of hydrogen-bond acceptors (Lipinski definition) is 3. The van der Waals surface area contributed by atoms with Crippen molar-refractivity contribution in [2.24, 2.45) is 0 Å². The van der Waals surface area contributed by atoms with Gasteiger partial charge in [0.1, 0.15) is 5.60 Å². The molecule has 0 aromatic carbocycles.